The number of β-lactam (4-membered cyclic amide) rings is 1. The number of allylic oxidation sites excluding steroid dienone is 1. The van der Waals surface area contributed by atoms with E-state index in [1.165, 1.54) is 12.1 Å². The number of thiocarbonyl (C=S) groups is 1. The van der Waals surface area contributed by atoms with E-state index in [0.717, 1.165) is 10.5 Å². The molecule has 4 atom stereocenters. The molecule has 0 N–H and O–H groups in total. The van der Waals surface area contributed by atoms with Crippen molar-refractivity contribution in [3.05, 3.63) is 69.3 Å². The van der Waals surface area contributed by atoms with Gasteiger partial charge < -0.3 is 13.7 Å². The second kappa shape index (κ2) is 11.1. The summed E-state index contributed by atoms with van der Waals surface area (Å²) < 4.78 is 14.6. The molecular formula is C27H36N4O5S2Si. The number of hydrogen-bond acceptors (Lipinski definition) is 8. The number of carbonyl (C=O) groups excluding carboxylic acids is 1. The van der Waals surface area contributed by atoms with Crippen molar-refractivity contribution in [2.75, 3.05) is 0 Å². The third-order valence-electron chi connectivity index (χ3n) is 7.80. The predicted molar refractivity (Wildman–Crippen MR) is 158 cm³/mol. The van der Waals surface area contributed by atoms with Gasteiger partial charge in [-0.1, -0.05) is 27.7 Å². The van der Waals surface area contributed by atoms with Gasteiger partial charge in [0.2, 0.25) is 11.0 Å². The molecule has 1 fully saturated rings. The highest BCUT2D eigenvalue weighted by Crippen LogP contribution is 2.54. The van der Waals surface area contributed by atoms with E-state index in [0.29, 0.717) is 12.2 Å². The highest BCUT2D eigenvalue weighted by molar-refractivity contribution is 8.04. The minimum atomic E-state index is -2.07. The number of benzene rings is 1. The Bertz CT molecular complexity index is 1270. The first kappa shape index (κ1) is 29.4. The molecule has 9 nitrogen and oxygen atoms in total. The van der Waals surface area contributed by atoms with E-state index >= 15 is 0 Å². The summed E-state index contributed by atoms with van der Waals surface area (Å²) in [5, 5.41) is 11.2. The smallest absolute Gasteiger partial charge is 0.269 e. The van der Waals surface area contributed by atoms with Crippen LogP contribution in [0.2, 0.25) is 18.1 Å². The molecule has 1 aromatic carbocycles. The zero-order valence-corrected chi connectivity index (χ0v) is 26.0. The number of hydrogen-bond donors (Lipinski definition) is 0. The molecule has 1 unspecified atom stereocenters. The summed E-state index contributed by atoms with van der Waals surface area (Å²) in [5.74, 6) is -0.204. The van der Waals surface area contributed by atoms with Gasteiger partial charge in [0, 0.05) is 41.9 Å². The van der Waals surface area contributed by atoms with Crippen LogP contribution < -0.4 is 0 Å². The number of ether oxygens (including phenoxy) is 1. The quantitative estimate of drug-likeness (QED) is 0.108. The Hall–Kier alpha value is -2.54. The molecule has 3 heterocycles. The van der Waals surface area contributed by atoms with Crippen LogP contribution in [0.1, 0.15) is 40.2 Å². The summed E-state index contributed by atoms with van der Waals surface area (Å²) in [6, 6.07) is 6.17. The fourth-order valence-electron chi connectivity index (χ4n) is 4.58. The second-order valence-corrected chi connectivity index (χ2v) is 18.0. The van der Waals surface area contributed by atoms with Gasteiger partial charge in [-0.25, -0.2) is 4.98 Å². The fraction of sp³-hybridized carbons (Fsp3) is 0.519. The molecule has 2 aromatic rings. The number of rotatable bonds is 10. The summed E-state index contributed by atoms with van der Waals surface area (Å²) in [4.78, 5) is 31.1. The number of imidazole rings is 1. The fourth-order valence-corrected chi connectivity index (χ4v) is 8.01. The number of non-ortho nitro benzene ring substituents is 1. The summed E-state index contributed by atoms with van der Waals surface area (Å²) in [6.07, 6.45) is 5.22. The monoisotopic (exact) mass is 588 g/mol. The first-order chi connectivity index (χ1) is 18.2. The maximum Gasteiger partial charge on any atom is 0.269 e. The van der Waals surface area contributed by atoms with Crippen molar-refractivity contribution in [3.63, 3.8) is 0 Å². The molecule has 12 heteroatoms. The van der Waals surface area contributed by atoms with Crippen molar-refractivity contribution < 1.29 is 18.9 Å². The first-order valence-electron chi connectivity index (χ1n) is 13.0. The van der Waals surface area contributed by atoms with E-state index in [1.54, 1.807) is 41.3 Å². The molecular weight excluding hydrogens is 553 g/mol. The Morgan fingerprint density at radius 2 is 1.92 bits per heavy atom. The molecule has 0 radical (unpaired) electrons. The lowest BCUT2D eigenvalue weighted by molar-refractivity contribution is -0.384. The largest absolute Gasteiger partial charge is 0.477 e. The summed E-state index contributed by atoms with van der Waals surface area (Å²) in [5.41, 5.74) is 1.42. The third-order valence-corrected chi connectivity index (χ3v) is 14.3. The SMILES string of the molecule is CC(Cn1ccnc1)C1=C(C(=S)OCc2ccc([N+](=O)[O-])cc2)N2C(=O)[C@H]([C@@H](C)O[Si](C)(C)C(C)(C)C)[C@H]2S1. The van der Waals surface area contributed by atoms with Gasteiger partial charge in [-0.05, 0) is 55.0 Å². The Labute approximate surface area is 240 Å². The molecule has 39 heavy (non-hydrogen) atoms. The lowest BCUT2D eigenvalue weighted by Crippen LogP contribution is -2.62. The van der Waals surface area contributed by atoms with Crippen LogP contribution in [0, 0.1) is 22.0 Å². The molecule has 1 saturated heterocycles. The van der Waals surface area contributed by atoms with Gasteiger partial charge >= 0.3 is 0 Å². The standard InChI is InChI=1S/C27H36N4O5S2Si/c1-17(14-29-13-12-28-16-29)23-22(26(37)35-15-19-8-10-20(11-9-19)31(33)34)30-24(32)21(25(30)38-23)18(2)36-39(6,7)27(3,4)5/h8-13,16-18,21,25H,14-15H2,1-7H3/t17?,18-,21+,25-/m1/s1. The number of carbonyl (C=O) groups is 1. The summed E-state index contributed by atoms with van der Waals surface area (Å²) >= 11 is 7.41. The van der Waals surface area contributed by atoms with E-state index in [2.05, 4.69) is 45.8 Å². The number of aromatic nitrogens is 2. The molecule has 2 aliphatic heterocycles. The first-order valence-corrected chi connectivity index (χ1v) is 17.2. The highest BCUT2D eigenvalue weighted by Gasteiger charge is 2.59. The zero-order valence-electron chi connectivity index (χ0n) is 23.4. The summed E-state index contributed by atoms with van der Waals surface area (Å²) in [6.45, 7) is 16.0. The molecule has 1 amide bonds. The van der Waals surface area contributed by atoms with Crippen molar-refractivity contribution >= 4 is 48.9 Å². The molecule has 210 valence electrons. The Balaban J connectivity index is 1.54. The van der Waals surface area contributed by atoms with Gasteiger partial charge in [0.15, 0.2) is 8.32 Å². The van der Waals surface area contributed by atoms with Crippen molar-refractivity contribution in [2.45, 2.75) is 77.4 Å². The number of fused-ring (bicyclic) bond motifs is 1. The van der Waals surface area contributed by atoms with Crippen LogP contribution in [-0.4, -0.2) is 50.1 Å². The number of amides is 1. The van der Waals surface area contributed by atoms with Crippen LogP contribution in [0.5, 0.6) is 0 Å². The topological polar surface area (TPSA) is 99.7 Å². The van der Waals surface area contributed by atoms with Gasteiger partial charge in [0.05, 0.1) is 23.3 Å². The minimum Gasteiger partial charge on any atom is -0.477 e. The van der Waals surface area contributed by atoms with E-state index in [-0.39, 0.29) is 51.6 Å². The van der Waals surface area contributed by atoms with Crippen LogP contribution in [-0.2, 0) is 27.1 Å². The average Bonchev–Trinajstić information content (AvgIpc) is 3.47. The molecule has 0 spiro atoms. The van der Waals surface area contributed by atoms with Crippen LogP contribution in [0.25, 0.3) is 0 Å². The maximum absolute atomic E-state index is 13.6. The maximum atomic E-state index is 13.6. The van der Waals surface area contributed by atoms with Gasteiger partial charge in [0.25, 0.3) is 5.69 Å². The van der Waals surface area contributed by atoms with Crippen LogP contribution in [0.4, 0.5) is 5.69 Å². The van der Waals surface area contributed by atoms with Crippen molar-refractivity contribution in [1.29, 1.82) is 0 Å². The Morgan fingerprint density at radius 3 is 2.49 bits per heavy atom. The van der Waals surface area contributed by atoms with Crippen molar-refractivity contribution in [2.24, 2.45) is 11.8 Å². The number of nitrogens with zero attached hydrogens (tertiary/aromatic N) is 4. The third kappa shape index (κ3) is 5.98. The van der Waals surface area contributed by atoms with Gasteiger partial charge in [0.1, 0.15) is 17.7 Å². The van der Waals surface area contributed by atoms with Gasteiger partial charge in [-0.2, -0.15) is 0 Å². The van der Waals surface area contributed by atoms with E-state index in [9.17, 15) is 14.9 Å². The summed E-state index contributed by atoms with van der Waals surface area (Å²) in [7, 11) is -2.07. The normalized spacial score (nSPS) is 20.9. The van der Waals surface area contributed by atoms with Gasteiger partial charge in [-0.3, -0.25) is 19.8 Å². The van der Waals surface area contributed by atoms with Crippen LogP contribution in [0.3, 0.4) is 0 Å². The van der Waals surface area contributed by atoms with E-state index in [4.69, 9.17) is 21.4 Å². The van der Waals surface area contributed by atoms with E-state index < -0.39 is 13.2 Å². The molecule has 0 bridgehead atoms. The molecule has 0 saturated carbocycles. The number of nitro benzene ring substituents is 1. The molecule has 2 aliphatic rings. The van der Waals surface area contributed by atoms with E-state index in [1.807, 2.05) is 17.7 Å². The molecule has 1 aromatic heterocycles. The molecule has 4 rings (SSSR count). The van der Waals surface area contributed by atoms with Crippen LogP contribution >= 0.6 is 24.0 Å². The second-order valence-electron chi connectivity index (χ2n) is 11.7. The van der Waals surface area contributed by atoms with Crippen molar-refractivity contribution in [3.8, 4) is 0 Å². The number of thioether (sulfide) groups is 1. The average molecular weight is 589 g/mol. The number of nitro groups is 1. The lowest BCUT2D eigenvalue weighted by Gasteiger charge is -2.48. The molecule has 0 aliphatic carbocycles. The van der Waals surface area contributed by atoms with Crippen LogP contribution in [0.15, 0.2) is 53.6 Å². The van der Waals surface area contributed by atoms with Crippen molar-refractivity contribution in [1.82, 2.24) is 14.5 Å². The zero-order chi connectivity index (χ0) is 28.7. The highest BCUT2D eigenvalue weighted by atomic mass is 32.2. The Kier molecular flexibility index (Phi) is 8.41. The Morgan fingerprint density at radius 1 is 1.26 bits per heavy atom. The predicted octanol–water partition coefficient (Wildman–Crippen LogP) is 6.12. The van der Waals surface area contributed by atoms with Gasteiger partial charge in [-0.15, -0.1) is 11.8 Å². The lowest BCUT2D eigenvalue weighted by atomic mass is 9.92. The minimum absolute atomic E-state index is 0.000161.